The van der Waals surface area contributed by atoms with Crippen molar-refractivity contribution in [2.24, 2.45) is 10.9 Å². The van der Waals surface area contributed by atoms with Crippen molar-refractivity contribution >= 4 is 23.5 Å². The van der Waals surface area contributed by atoms with Crippen LogP contribution < -0.4 is 5.32 Å². The van der Waals surface area contributed by atoms with E-state index in [1.54, 1.807) is 25.2 Å². The van der Waals surface area contributed by atoms with Gasteiger partial charge < -0.3 is 10.1 Å². The Balaban J connectivity index is 2.03. The van der Waals surface area contributed by atoms with E-state index in [-0.39, 0.29) is 30.6 Å². The molecule has 0 radical (unpaired) electrons. The first kappa shape index (κ1) is 16.9. The quantitative estimate of drug-likeness (QED) is 0.784. The van der Waals surface area contributed by atoms with Gasteiger partial charge in [0.05, 0.1) is 18.7 Å². The summed E-state index contributed by atoms with van der Waals surface area (Å²) in [6.07, 6.45) is 7.80. The molecule has 6 nitrogen and oxygen atoms in total. The number of allylic oxidation sites excluding steroid dienone is 3. The smallest absolute Gasteiger partial charge is 0.306 e. The van der Waals surface area contributed by atoms with Gasteiger partial charge in [0, 0.05) is 24.1 Å². The SMILES string of the molecule is CCOC(=O)CCC(=O)N=C1C=CC2C(CC)=CC(=O)NC2=C1. The second-order valence-corrected chi connectivity index (χ2v) is 5.23. The minimum Gasteiger partial charge on any atom is -0.466 e. The van der Waals surface area contributed by atoms with Crippen molar-refractivity contribution in [3.8, 4) is 0 Å². The van der Waals surface area contributed by atoms with Crippen molar-refractivity contribution in [1.82, 2.24) is 5.32 Å². The van der Waals surface area contributed by atoms with E-state index in [1.165, 1.54) is 0 Å². The Kier molecular flexibility index (Phi) is 5.62. The largest absolute Gasteiger partial charge is 0.466 e. The molecule has 1 unspecified atom stereocenters. The fraction of sp³-hybridized carbons (Fsp3) is 0.412. The number of rotatable bonds is 5. The predicted molar refractivity (Wildman–Crippen MR) is 85.5 cm³/mol. The van der Waals surface area contributed by atoms with Gasteiger partial charge in [0.25, 0.3) is 0 Å². The summed E-state index contributed by atoms with van der Waals surface area (Å²) in [5.74, 6) is -0.920. The third-order valence-electron chi connectivity index (χ3n) is 3.59. The number of nitrogens with zero attached hydrogens (tertiary/aromatic N) is 1. The molecule has 0 aromatic carbocycles. The predicted octanol–water partition coefficient (Wildman–Crippen LogP) is 1.83. The summed E-state index contributed by atoms with van der Waals surface area (Å²) in [4.78, 5) is 38.7. The van der Waals surface area contributed by atoms with Gasteiger partial charge in [0.2, 0.25) is 11.8 Å². The number of nitrogens with one attached hydrogen (secondary N) is 1. The third-order valence-corrected chi connectivity index (χ3v) is 3.59. The fourth-order valence-corrected chi connectivity index (χ4v) is 2.50. The third kappa shape index (κ3) is 4.48. The monoisotopic (exact) mass is 316 g/mol. The molecule has 0 aromatic heterocycles. The Morgan fingerprint density at radius 1 is 1.26 bits per heavy atom. The maximum Gasteiger partial charge on any atom is 0.306 e. The number of fused-ring (bicyclic) bond motifs is 1. The minimum atomic E-state index is -0.407. The summed E-state index contributed by atoms with van der Waals surface area (Å²) in [7, 11) is 0. The first-order valence-corrected chi connectivity index (χ1v) is 7.71. The summed E-state index contributed by atoms with van der Waals surface area (Å²) in [6.45, 7) is 4.01. The van der Waals surface area contributed by atoms with Gasteiger partial charge in [-0.05, 0) is 25.5 Å². The number of aliphatic imine (C=N–C) groups is 1. The molecular weight excluding hydrogens is 296 g/mol. The number of carbonyl (C=O) groups is 3. The van der Waals surface area contributed by atoms with Gasteiger partial charge in [0.15, 0.2) is 0 Å². The van der Waals surface area contributed by atoms with Gasteiger partial charge in [0.1, 0.15) is 0 Å². The molecule has 0 spiro atoms. The number of hydrogen-bond donors (Lipinski definition) is 1. The molecule has 0 fully saturated rings. The Morgan fingerprint density at radius 2 is 2.04 bits per heavy atom. The van der Waals surface area contributed by atoms with E-state index in [0.717, 1.165) is 17.7 Å². The zero-order chi connectivity index (χ0) is 16.8. The first-order valence-electron chi connectivity index (χ1n) is 7.71. The van der Waals surface area contributed by atoms with Crippen molar-refractivity contribution in [3.05, 3.63) is 35.6 Å². The average molecular weight is 316 g/mol. The summed E-state index contributed by atoms with van der Waals surface area (Å²) in [6, 6.07) is 0. The van der Waals surface area contributed by atoms with Gasteiger partial charge >= 0.3 is 5.97 Å². The van der Waals surface area contributed by atoms with E-state index in [9.17, 15) is 14.4 Å². The second kappa shape index (κ2) is 7.67. The van der Waals surface area contributed by atoms with E-state index >= 15 is 0 Å². The highest BCUT2D eigenvalue weighted by Gasteiger charge is 2.25. The highest BCUT2D eigenvalue weighted by Crippen LogP contribution is 2.28. The lowest BCUT2D eigenvalue weighted by Crippen LogP contribution is -2.33. The first-order chi connectivity index (χ1) is 11.0. The Hall–Kier alpha value is -2.50. The van der Waals surface area contributed by atoms with Crippen LogP contribution in [0.1, 0.15) is 33.1 Å². The summed E-state index contributed by atoms with van der Waals surface area (Å²) >= 11 is 0. The molecule has 1 heterocycles. The Bertz CT molecular complexity index is 641. The molecule has 2 aliphatic rings. The van der Waals surface area contributed by atoms with Crippen molar-refractivity contribution in [2.75, 3.05) is 6.61 Å². The van der Waals surface area contributed by atoms with Crippen LogP contribution in [0.25, 0.3) is 0 Å². The van der Waals surface area contributed by atoms with Crippen LogP contribution in [0.3, 0.4) is 0 Å². The van der Waals surface area contributed by atoms with Gasteiger partial charge in [-0.3, -0.25) is 14.4 Å². The van der Waals surface area contributed by atoms with Crippen LogP contribution in [0, 0.1) is 5.92 Å². The van der Waals surface area contributed by atoms with Crippen LogP contribution in [0.15, 0.2) is 40.6 Å². The molecule has 0 bridgehead atoms. The molecule has 0 saturated carbocycles. The number of carbonyl (C=O) groups excluding carboxylic acids is 3. The molecule has 0 aromatic rings. The molecular formula is C17H20N2O4. The van der Waals surface area contributed by atoms with Crippen molar-refractivity contribution < 1.29 is 19.1 Å². The highest BCUT2D eigenvalue weighted by molar-refractivity contribution is 6.11. The van der Waals surface area contributed by atoms with Gasteiger partial charge in [-0.25, -0.2) is 4.99 Å². The van der Waals surface area contributed by atoms with Crippen molar-refractivity contribution in [2.45, 2.75) is 33.1 Å². The van der Waals surface area contributed by atoms with E-state index < -0.39 is 5.97 Å². The molecule has 1 aliphatic heterocycles. The van der Waals surface area contributed by atoms with Crippen LogP contribution in [0.2, 0.25) is 0 Å². The number of amides is 2. The Morgan fingerprint density at radius 3 is 2.74 bits per heavy atom. The number of esters is 1. The fourth-order valence-electron chi connectivity index (χ4n) is 2.50. The summed E-state index contributed by atoms with van der Waals surface area (Å²) in [5.41, 5.74) is 2.24. The lowest BCUT2D eigenvalue weighted by atomic mass is 9.86. The second-order valence-electron chi connectivity index (χ2n) is 5.23. The van der Waals surface area contributed by atoms with Gasteiger partial charge in [-0.2, -0.15) is 0 Å². The zero-order valence-corrected chi connectivity index (χ0v) is 13.3. The molecule has 1 N–H and O–H groups in total. The maximum atomic E-state index is 11.8. The molecule has 6 heteroatoms. The van der Waals surface area contributed by atoms with Crippen molar-refractivity contribution in [1.29, 1.82) is 0 Å². The van der Waals surface area contributed by atoms with Crippen LogP contribution in [-0.2, 0) is 19.1 Å². The van der Waals surface area contributed by atoms with E-state index in [4.69, 9.17) is 4.74 Å². The van der Waals surface area contributed by atoms with Crippen molar-refractivity contribution in [3.63, 3.8) is 0 Å². The molecule has 1 aliphatic carbocycles. The summed E-state index contributed by atoms with van der Waals surface area (Å²) in [5, 5.41) is 2.78. The summed E-state index contributed by atoms with van der Waals surface area (Å²) < 4.78 is 4.77. The topological polar surface area (TPSA) is 84.8 Å². The lowest BCUT2D eigenvalue weighted by molar-refractivity contribution is -0.144. The normalized spacial score (nSPS) is 21.2. The van der Waals surface area contributed by atoms with E-state index in [0.29, 0.717) is 12.3 Å². The van der Waals surface area contributed by atoms with Crippen LogP contribution in [0.4, 0.5) is 0 Å². The van der Waals surface area contributed by atoms with E-state index in [2.05, 4.69) is 10.3 Å². The van der Waals surface area contributed by atoms with Gasteiger partial charge in [-0.15, -0.1) is 0 Å². The maximum absolute atomic E-state index is 11.8. The minimum absolute atomic E-state index is 0.00917. The number of hydrogen-bond acceptors (Lipinski definition) is 4. The van der Waals surface area contributed by atoms with Crippen LogP contribution in [-0.4, -0.2) is 30.1 Å². The number of ether oxygens (including phenoxy) is 1. The Labute approximate surface area is 135 Å². The van der Waals surface area contributed by atoms with E-state index in [1.807, 2.05) is 13.0 Å². The molecule has 2 amide bonds. The van der Waals surface area contributed by atoms with Crippen LogP contribution in [0.5, 0.6) is 0 Å². The molecule has 1 atom stereocenters. The molecule has 0 saturated heterocycles. The molecule has 122 valence electrons. The van der Waals surface area contributed by atoms with Crippen LogP contribution >= 0.6 is 0 Å². The standard InChI is InChI=1S/C17H20N2O4/c1-3-11-9-16(21)19-14-10-12(5-6-13(11)14)18-15(20)7-8-17(22)23-4-2/h5-6,9-10,13H,3-4,7-8H2,1-2H3,(H,19,21). The zero-order valence-electron chi connectivity index (χ0n) is 13.3. The highest BCUT2D eigenvalue weighted by atomic mass is 16.5. The molecule has 2 rings (SSSR count). The average Bonchev–Trinajstić information content (AvgIpc) is 2.52. The van der Waals surface area contributed by atoms with Gasteiger partial charge in [-0.1, -0.05) is 18.6 Å². The molecule has 23 heavy (non-hydrogen) atoms. The lowest BCUT2D eigenvalue weighted by Gasteiger charge is -2.26.